The minimum absolute atomic E-state index is 0.560. The summed E-state index contributed by atoms with van der Waals surface area (Å²) in [7, 11) is -1.58. The molecule has 0 aliphatic carbocycles. The first-order valence-electron chi connectivity index (χ1n) is 7.78. The molecule has 8 heteroatoms. The number of nitrogens with two attached hydrogens (primary N) is 1. The minimum atomic E-state index is -4.35. The van der Waals surface area contributed by atoms with Gasteiger partial charge in [-0.1, -0.05) is 18.2 Å². The van der Waals surface area contributed by atoms with Gasteiger partial charge >= 0.3 is 6.18 Å². The average Bonchev–Trinajstić information content (AvgIpc) is 2.61. The van der Waals surface area contributed by atoms with Crippen LogP contribution in [0, 0.1) is 0 Å². The standard InChI is InChI=1S/C17H18F3N3OS/c18-17(19,20)13-4-3-5-14(12-13)22-8-10-23(11-9-22)15-6-1-2-7-16(15)25(21)24/h1-7,12H,8-11,21H2. The summed E-state index contributed by atoms with van der Waals surface area (Å²) < 4.78 is 50.3. The molecule has 134 valence electrons. The molecule has 1 saturated heterocycles. The van der Waals surface area contributed by atoms with Gasteiger partial charge in [0.05, 0.1) is 16.1 Å². The van der Waals surface area contributed by atoms with Crippen LogP contribution in [0.2, 0.25) is 0 Å². The van der Waals surface area contributed by atoms with E-state index >= 15 is 0 Å². The Bertz CT molecular complexity index is 774. The molecule has 1 heterocycles. The van der Waals surface area contributed by atoms with Gasteiger partial charge < -0.3 is 9.80 Å². The summed E-state index contributed by atoms with van der Waals surface area (Å²) in [6, 6.07) is 12.6. The number of hydrogen-bond donors (Lipinski definition) is 1. The van der Waals surface area contributed by atoms with Gasteiger partial charge in [-0.05, 0) is 30.3 Å². The summed E-state index contributed by atoms with van der Waals surface area (Å²) >= 11 is 0. The summed E-state index contributed by atoms with van der Waals surface area (Å²) in [5.74, 6) is 0. The van der Waals surface area contributed by atoms with Crippen molar-refractivity contribution >= 4 is 22.4 Å². The molecule has 0 bridgehead atoms. The van der Waals surface area contributed by atoms with E-state index in [4.69, 9.17) is 5.14 Å². The van der Waals surface area contributed by atoms with E-state index in [0.29, 0.717) is 36.8 Å². The summed E-state index contributed by atoms with van der Waals surface area (Å²) in [5.41, 5.74) is 0.730. The van der Waals surface area contributed by atoms with Gasteiger partial charge in [0.2, 0.25) is 0 Å². The zero-order valence-corrected chi connectivity index (χ0v) is 14.2. The van der Waals surface area contributed by atoms with Gasteiger partial charge in [-0.3, -0.25) is 0 Å². The van der Waals surface area contributed by atoms with Crippen molar-refractivity contribution in [1.29, 1.82) is 0 Å². The number of hydrogen-bond acceptors (Lipinski definition) is 3. The smallest absolute Gasteiger partial charge is 0.368 e. The maximum absolute atomic E-state index is 12.9. The highest BCUT2D eigenvalue weighted by Gasteiger charge is 2.31. The van der Waals surface area contributed by atoms with Crippen molar-refractivity contribution in [2.75, 3.05) is 36.0 Å². The predicted molar refractivity (Wildman–Crippen MR) is 92.9 cm³/mol. The Labute approximate surface area is 146 Å². The van der Waals surface area contributed by atoms with Gasteiger partial charge in [0.25, 0.3) is 0 Å². The second-order valence-corrected chi connectivity index (χ2v) is 6.82. The fourth-order valence-electron chi connectivity index (χ4n) is 2.97. The third-order valence-corrected chi connectivity index (χ3v) is 5.02. The number of anilines is 2. The normalized spacial score (nSPS) is 16.8. The summed E-state index contributed by atoms with van der Waals surface area (Å²) in [6.45, 7) is 2.38. The number of para-hydroxylation sites is 1. The van der Waals surface area contributed by atoms with E-state index in [0.717, 1.165) is 11.8 Å². The van der Waals surface area contributed by atoms with Crippen molar-refractivity contribution < 1.29 is 17.4 Å². The van der Waals surface area contributed by atoms with Gasteiger partial charge in [-0.2, -0.15) is 13.2 Å². The van der Waals surface area contributed by atoms with Crippen molar-refractivity contribution in [2.45, 2.75) is 11.1 Å². The molecule has 1 aliphatic heterocycles. The summed E-state index contributed by atoms with van der Waals surface area (Å²) in [5, 5.41) is 5.53. The van der Waals surface area contributed by atoms with Crippen LogP contribution in [0.5, 0.6) is 0 Å². The molecule has 0 amide bonds. The fourth-order valence-corrected chi connectivity index (χ4v) is 3.59. The number of piperazine rings is 1. The van der Waals surface area contributed by atoms with Crippen LogP contribution in [-0.4, -0.2) is 30.4 Å². The van der Waals surface area contributed by atoms with Gasteiger partial charge in [0, 0.05) is 31.9 Å². The summed E-state index contributed by atoms with van der Waals surface area (Å²) in [6.07, 6.45) is -4.35. The van der Waals surface area contributed by atoms with Crippen LogP contribution in [0.15, 0.2) is 53.4 Å². The first-order valence-corrected chi connectivity index (χ1v) is 9.00. The second kappa shape index (κ2) is 7.05. The first kappa shape index (κ1) is 17.8. The SMILES string of the molecule is NS(=O)c1ccccc1N1CCN(c2cccc(C(F)(F)F)c2)CC1. The zero-order valence-electron chi connectivity index (χ0n) is 13.4. The topological polar surface area (TPSA) is 49.6 Å². The molecule has 2 aromatic carbocycles. The highest BCUT2D eigenvalue weighted by atomic mass is 32.2. The Morgan fingerprint density at radius 2 is 1.56 bits per heavy atom. The predicted octanol–water partition coefficient (Wildman–Crippen LogP) is 3.01. The van der Waals surface area contributed by atoms with Crippen LogP contribution >= 0.6 is 0 Å². The van der Waals surface area contributed by atoms with E-state index < -0.39 is 22.7 Å². The van der Waals surface area contributed by atoms with Crippen LogP contribution < -0.4 is 14.9 Å². The Balaban J connectivity index is 1.74. The molecule has 2 N–H and O–H groups in total. The third kappa shape index (κ3) is 3.96. The number of alkyl halides is 3. The first-order chi connectivity index (χ1) is 11.9. The van der Waals surface area contributed by atoms with E-state index in [-0.39, 0.29) is 0 Å². The van der Waals surface area contributed by atoms with E-state index in [1.165, 1.54) is 12.1 Å². The minimum Gasteiger partial charge on any atom is -0.368 e. The Kier molecular flexibility index (Phi) is 5.01. The van der Waals surface area contributed by atoms with Gasteiger partial charge in [-0.15, -0.1) is 0 Å². The molecular weight excluding hydrogens is 351 g/mol. The molecule has 1 atom stereocenters. The van der Waals surface area contributed by atoms with E-state index in [1.54, 1.807) is 18.2 Å². The number of nitrogens with zero attached hydrogens (tertiary/aromatic N) is 2. The van der Waals surface area contributed by atoms with Crippen molar-refractivity contribution in [3.05, 3.63) is 54.1 Å². The van der Waals surface area contributed by atoms with E-state index in [1.807, 2.05) is 17.0 Å². The lowest BCUT2D eigenvalue weighted by atomic mass is 10.1. The molecule has 4 nitrogen and oxygen atoms in total. The lowest BCUT2D eigenvalue weighted by Crippen LogP contribution is -2.47. The van der Waals surface area contributed by atoms with Gasteiger partial charge in [0.1, 0.15) is 11.0 Å². The van der Waals surface area contributed by atoms with Crippen LogP contribution in [0.25, 0.3) is 0 Å². The molecule has 0 spiro atoms. The molecule has 1 aliphatic rings. The lowest BCUT2D eigenvalue weighted by molar-refractivity contribution is -0.137. The number of halogens is 3. The van der Waals surface area contributed by atoms with Crippen molar-refractivity contribution in [3.63, 3.8) is 0 Å². The van der Waals surface area contributed by atoms with Crippen LogP contribution in [0.4, 0.5) is 24.5 Å². The van der Waals surface area contributed by atoms with Crippen LogP contribution in [-0.2, 0) is 17.2 Å². The maximum Gasteiger partial charge on any atom is 0.416 e. The average molecular weight is 369 g/mol. The van der Waals surface area contributed by atoms with Crippen molar-refractivity contribution in [1.82, 2.24) is 0 Å². The Morgan fingerprint density at radius 1 is 0.920 bits per heavy atom. The van der Waals surface area contributed by atoms with E-state index in [9.17, 15) is 17.4 Å². The zero-order chi connectivity index (χ0) is 18.0. The van der Waals surface area contributed by atoms with Gasteiger partial charge in [-0.25, -0.2) is 9.35 Å². The molecule has 0 saturated carbocycles. The maximum atomic E-state index is 12.9. The van der Waals surface area contributed by atoms with Crippen molar-refractivity contribution in [2.24, 2.45) is 5.14 Å². The number of rotatable bonds is 3. The highest BCUT2D eigenvalue weighted by molar-refractivity contribution is 7.82. The molecule has 1 fully saturated rings. The molecule has 0 radical (unpaired) electrons. The van der Waals surface area contributed by atoms with Crippen LogP contribution in [0.1, 0.15) is 5.56 Å². The fraction of sp³-hybridized carbons (Fsp3) is 0.294. The highest BCUT2D eigenvalue weighted by Crippen LogP contribution is 2.32. The quantitative estimate of drug-likeness (QED) is 0.905. The number of benzene rings is 2. The Morgan fingerprint density at radius 3 is 2.20 bits per heavy atom. The molecule has 3 rings (SSSR count). The van der Waals surface area contributed by atoms with E-state index in [2.05, 4.69) is 4.90 Å². The summed E-state index contributed by atoms with van der Waals surface area (Å²) in [4.78, 5) is 4.55. The third-order valence-electron chi connectivity index (χ3n) is 4.24. The van der Waals surface area contributed by atoms with Crippen LogP contribution in [0.3, 0.4) is 0 Å². The largest absolute Gasteiger partial charge is 0.416 e. The molecule has 25 heavy (non-hydrogen) atoms. The van der Waals surface area contributed by atoms with Gasteiger partial charge in [0.15, 0.2) is 0 Å². The monoisotopic (exact) mass is 369 g/mol. The Hall–Kier alpha value is -2.06. The second-order valence-electron chi connectivity index (χ2n) is 5.79. The molecule has 2 aromatic rings. The van der Waals surface area contributed by atoms with Crippen molar-refractivity contribution in [3.8, 4) is 0 Å². The molecule has 1 unspecified atom stereocenters. The molecule has 0 aromatic heterocycles. The lowest BCUT2D eigenvalue weighted by Gasteiger charge is -2.38. The molecular formula is C17H18F3N3OS.